The molecule has 4 heteroatoms. The second kappa shape index (κ2) is 6.73. The first-order valence-electron chi connectivity index (χ1n) is 5.05. The van der Waals surface area contributed by atoms with E-state index in [2.05, 4.69) is 34.0 Å². The van der Waals surface area contributed by atoms with Crippen molar-refractivity contribution in [2.75, 3.05) is 39.3 Å². The Hall–Kier alpha value is -0.680. The summed E-state index contributed by atoms with van der Waals surface area (Å²) >= 11 is 0. The van der Waals surface area contributed by atoms with Gasteiger partial charge < -0.3 is 0 Å². The van der Waals surface area contributed by atoms with Gasteiger partial charge in [-0.2, -0.15) is 0 Å². The molecule has 0 aromatic rings. The van der Waals surface area contributed by atoms with E-state index in [1.54, 1.807) is 0 Å². The Bertz CT molecular complexity index is 153. The average Bonchev–Trinajstić information content (AvgIpc) is 2.25. The lowest BCUT2D eigenvalue weighted by Crippen LogP contribution is -2.55. The number of nitrogens with one attached hydrogen (secondary N) is 2. The molecule has 0 aromatic heterocycles. The van der Waals surface area contributed by atoms with E-state index in [4.69, 9.17) is 0 Å². The first kappa shape index (κ1) is 11.4. The Morgan fingerprint density at radius 2 is 1.21 bits per heavy atom. The molecule has 1 fully saturated rings. The Kier molecular flexibility index (Phi) is 5.47. The Morgan fingerprint density at radius 3 is 1.50 bits per heavy atom. The summed E-state index contributed by atoms with van der Waals surface area (Å²) < 4.78 is 0. The third-order valence-electron chi connectivity index (χ3n) is 2.20. The second-order valence-electron chi connectivity index (χ2n) is 3.28. The summed E-state index contributed by atoms with van der Waals surface area (Å²) in [4.78, 5) is 0. The van der Waals surface area contributed by atoms with Crippen molar-refractivity contribution < 1.29 is 0 Å². The largest absolute Gasteiger partial charge is 0.251 e. The summed E-state index contributed by atoms with van der Waals surface area (Å²) in [5.74, 6) is 0. The zero-order valence-corrected chi connectivity index (χ0v) is 8.71. The number of piperazine rings is 1. The maximum Gasteiger partial charge on any atom is 0.0280 e. The summed E-state index contributed by atoms with van der Waals surface area (Å²) in [7, 11) is 0. The minimum Gasteiger partial charge on any atom is -0.251 e. The third-order valence-corrected chi connectivity index (χ3v) is 2.20. The molecule has 0 amide bonds. The van der Waals surface area contributed by atoms with Crippen LogP contribution in [0.5, 0.6) is 0 Å². The molecule has 1 heterocycles. The van der Waals surface area contributed by atoms with Crippen molar-refractivity contribution in [3.8, 4) is 0 Å². The van der Waals surface area contributed by atoms with E-state index in [-0.39, 0.29) is 0 Å². The molecule has 0 saturated carbocycles. The molecular weight excluding hydrogens is 176 g/mol. The van der Waals surface area contributed by atoms with Crippen LogP contribution >= 0.6 is 0 Å². The molecule has 1 saturated heterocycles. The molecule has 80 valence electrons. The van der Waals surface area contributed by atoms with Crippen LogP contribution in [0.15, 0.2) is 25.3 Å². The SMILES string of the molecule is C=CCNN1CCN(NCC=C)CC1. The van der Waals surface area contributed by atoms with Gasteiger partial charge in [-0.3, -0.25) is 10.9 Å². The molecule has 1 aliphatic heterocycles. The fourth-order valence-corrected chi connectivity index (χ4v) is 1.41. The smallest absolute Gasteiger partial charge is 0.0280 e. The van der Waals surface area contributed by atoms with Crippen molar-refractivity contribution in [3.63, 3.8) is 0 Å². The van der Waals surface area contributed by atoms with Crippen LogP contribution in [0.1, 0.15) is 0 Å². The van der Waals surface area contributed by atoms with Gasteiger partial charge in [0, 0.05) is 39.3 Å². The van der Waals surface area contributed by atoms with E-state index in [0.29, 0.717) is 0 Å². The molecule has 1 rings (SSSR count). The van der Waals surface area contributed by atoms with Crippen molar-refractivity contribution in [3.05, 3.63) is 25.3 Å². The zero-order chi connectivity index (χ0) is 10.2. The molecule has 0 atom stereocenters. The van der Waals surface area contributed by atoms with E-state index in [9.17, 15) is 0 Å². The van der Waals surface area contributed by atoms with Crippen molar-refractivity contribution >= 4 is 0 Å². The van der Waals surface area contributed by atoms with Crippen LogP contribution in [0.4, 0.5) is 0 Å². The number of hydrogen-bond acceptors (Lipinski definition) is 4. The van der Waals surface area contributed by atoms with Gasteiger partial charge in [0.05, 0.1) is 0 Å². The zero-order valence-electron chi connectivity index (χ0n) is 8.71. The molecule has 0 aromatic carbocycles. The molecule has 2 N–H and O–H groups in total. The highest BCUT2D eigenvalue weighted by Crippen LogP contribution is 1.95. The van der Waals surface area contributed by atoms with Gasteiger partial charge in [0.25, 0.3) is 0 Å². The van der Waals surface area contributed by atoms with Crippen molar-refractivity contribution in [2.45, 2.75) is 0 Å². The first-order valence-corrected chi connectivity index (χ1v) is 5.05. The quantitative estimate of drug-likeness (QED) is 0.585. The summed E-state index contributed by atoms with van der Waals surface area (Å²) in [5, 5.41) is 4.46. The monoisotopic (exact) mass is 196 g/mol. The molecule has 4 nitrogen and oxygen atoms in total. The summed E-state index contributed by atoms with van der Waals surface area (Å²) in [6, 6.07) is 0. The van der Waals surface area contributed by atoms with Crippen LogP contribution in [-0.2, 0) is 0 Å². The fraction of sp³-hybridized carbons (Fsp3) is 0.600. The van der Waals surface area contributed by atoms with Gasteiger partial charge >= 0.3 is 0 Å². The lowest BCUT2D eigenvalue weighted by molar-refractivity contribution is 0.0648. The number of rotatable bonds is 6. The normalized spacial score (nSPS) is 19.4. The van der Waals surface area contributed by atoms with Gasteiger partial charge in [-0.05, 0) is 0 Å². The highest BCUT2D eigenvalue weighted by molar-refractivity contribution is 4.74. The highest BCUT2D eigenvalue weighted by Gasteiger charge is 2.14. The maximum absolute atomic E-state index is 3.68. The first-order chi connectivity index (χ1) is 6.86. The lowest BCUT2D eigenvalue weighted by atomic mass is 10.4. The van der Waals surface area contributed by atoms with Crippen LogP contribution in [-0.4, -0.2) is 49.3 Å². The van der Waals surface area contributed by atoms with E-state index in [1.165, 1.54) is 0 Å². The predicted octanol–water partition coefficient (Wildman–Crippen LogP) is -0.0148. The van der Waals surface area contributed by atoms with Gasteiger partial charge in [-0.1, -0.05) is 12.2 Å². The Labute approximate surface area is 86.2 Å². The van der Waals surface area contributed by atoms with Crippen LogP contribution in [0.2, 0.25) is 0 Å². The van der Waals surface area contributed by atoms with Crippen LogP contribution in [0.25, 0.3) is 0 Å². The molecule has 0 aliphatic carbocycles. The topological polar surface area (TPSA) is 30.5 Å². The van der Waals surface area contributed by atoms with Gasteiger partial charge in [-0.25, -0.2) is 10.0 Å². The van der Waals surface area contributed by atoms with E-state index >= 15 is 0 Å². The summed E-state index contributed by atoms with van der Waals surface area (Å²) in [5.41, 5.74) is 6.58. The van der Waals surface area contributed by atoms with Crippen molar-refractivity contribution in [1.29, 1.82) is 0 Å². The minimum atomic E-state index is 0.847. The highest BCUT2D eigenvalue weighted by atomic mass is 15.6. The van der Waals surface area contributed by atoms with Crippen LogP contribution < -0.4 is 10.9 Å². The van der Waals surface area contributed by atoms with Gasteiger partial charge in [0.15, 0.2) is 0 Å². The number of hydrazine groups is 2. The summed E-state index contributed by atoms with van der Waals surface area (Å²) in [6.45, 7) is 13.2. The number of hydrogen-bond donors (Lipinski definition) is 2. The molecule has 0 spiro atoms. The van der Waals surface area contributed by atoms with Gasteiger partial charge in [-0.15, -0.1) is 13.2 Å². The Morgan fingerprint density at radius 1 is 0.857 bits per heavy atom. The van der Waals surface area contributed by atoms with E-state index in [1.807, 2.05) is 12.2 Å². The molecular formula is C10H20N4. The van der Waals surface area contributed by atoms with Crippen molar-refractivity contribution in [2.24, 2.45) is 0 Å². The van der Waals surface area contributed by atoms with Gasteiger partial charge in [0.1, 0.15) is 0 Å². The van der Waals surface area contributed by atoms with Crippen LogP contribution in [0.3, 0.4) is 0 Å². The average molecular weight is 196 g/mol. The molecule has 0 unspecified atom stereocenters. The molecule has 14 heavy (non-hydrogen) atoms. The number of nitrogens with zero attached hydrogens (tertiary/aromatic N) is 2. The summed E-state index contributed by atoms with van der Waals surface area (Å²) in [6.07, 6.45) is 3.75. The minimum absolute atomic E-state index is 0.847. The Balaban J connectivity index is 2.10. The standard InChI is InChI=1S/C10H20N4/c1-3-5-11-13-7-9-14(10-8-13)12-6-4-2/h3-4,11-12H,1-2,5-10H2. The second-order valence-corrected chi connectivity index (χ2v) is 3.28. The van der Waals surface area contributed by atoms with Gasteiger partial charge in [0.2, 0.25) is 0 Å². The predicted molar refractivity (Wildman–Crippen MR) is 59.5 cm³/mol. The third kappa shape index (κ3) is 4.02. The fourth-order valence-electron chi connectivity index (χ4n) is 1.41. The van der Waals surface area contributed by atoms with E-state index < -0.39 is 0 Å². The lowest BCUT2D eigenvalue weighted by Gasteiger charge is -2.34. The van der Waals surface area contributed by atoms with Crippen molar-refractivity contribution in [1.82, 2.24) is 20.9 Å². The molecule has 1 aliphatic rings. The van der Waals surface area contributed by atoms with E-state index in [0.717, 1.165) is 39.3 Å². The molecule has 0 radical (unpaired) electrons. The maximum atomic E-state index is 3.68. The molecule has 0 bridgehead atoms. The van der Waals surface area contributed by atoms with Crippen LogP contribution in [0, 0.1) is 0 Å².